The monoisotopic (exact) mass is 300 g/mol. The van der Waals surface area contributed by atoms with Crippen LogP contribution in [0.3, 0.4) is 0 Å². The summed E-state index contributed by atoms with van der Waals surface area (Å²) in [4.78, 5) is 0.210. The van der Waals surface area contributed by atoms with Crippen LogP contribution in [-0.2, 0) is 10.0 Å². The quantitative estimate of drug-likeness (QED) is 0.803. The molecule has 1 atom stereocenters. The smallest absolute Gasteiger partial charge is 0.241 e. The maximum atomic E-state index is 12.4. The van der Waals surface area contributed by atoms with E-state index in [1.807, 2.05) is 20.8 Å². The number of nitrogens with two attached hydrogens (primary N) is 1. The van der Waals surface area contributed by atoms with Crippen molar-refractivity contribution >= 4 is 10.0 Å². The van der Waals surface area contributed by atoms with E-state index >= 15 is 0 Å². The zero-order valence-corrected chi connectivity index (χ0v) is 13.3. The lowest BCUT2D eigenvalue weighted by molar-refractivity contribution is 0.344. The summed E-state index contributed by atoms with van der Waals surface area (Å²) in [6.07, 6.45) is 0.679. The summed E-state index contributed by atoms with van der Waals surface area (Å²) >= 11 is 0. The zero-order chi connectivity index (χ0) is 15.4. The van der Waals surface area contributed by atoms with Crippen molar-refractivity contribution in [1.29, 1.82) is 0 Å². The Labute approximate surface area is 121 Å². The van der Waals surface area contributed by atoms with Gasteiger partial charge in [-0.1, -0.05) is 13.8 Å². The zero-order valence-electron chi connectivity index (χ0n) is 12.5. The van der Waals surface area contributed by atoms with Crippen LogP contribution in [0.2, 0.25) is 0 Å². The molecule has 1 aromatic rings. The molecule has 0 aliphatic rings. The highest BCUT2D eigenvalue weighted by Gasteiger charge is 2.30. The normalized spacial score (nSPS) is 15.1. The van der Waals surface area contributed by atoms with E-state index in [0.29, 0.717) is 18.1 Å². The Bertz CT molecular complexity index is 526. The van der Waals surface area contributed by atoms with Crippen LogP contribution in [-0.4, -0.2) is 27.6 Å². The third kappa shape index (κ3) is 4.47. The molecule has 0 bridgehead atoms. The van der Waals surface area contributed by atoms with Crippen LogP contribution in [0.5, 0.6) is 5.75 Å². The number of nitrogens with one attached hydrogen (secondary N) is 1. The molecule has 0 radical (unpaired) electrons. The van der Waals surface area contributed by atoms with E-state index < -0.39 is 15.6 Å². The lowest BCUT2D eigenvalue weighted by atomic mass is 9.92. The molecule has 1 aromatic carbocycles. The molecule has 0 heterocycles. The molecule has 0 saturated carbocycles. The van der Waals surface area contributed by atoms with Gasteiger partial charge in [-0.3, -0.25) is 0 Å². The van der Waals surface area contributed by atoms with Crippen molar-refractivity contribution in [1.82, 2.24) is 4.72 Å². The minimum absolute atomic E-state index is 0.210. The molecular weight excluding hydrogens is 276 g/mol. The molecule has 0 saturated heterocycles. The lowest BCUT2D eigenvalue weighted by Crippen LogP contribution is -2.51. The van der Waals surface area contributed by atoms with Crippen molar-refractivity contribution in [2.75, 3.05) is 13.7 Å². The molecule has 0 aromatic heterocycles. The highest BCUT2D eigenvalue weighted by Crippen LogP contribution is 2.21. The summed E-state index contributed by atoms with van der Waals surface area (Å²) in [5.74, 6) is 0.967. The van der Waals surface area contributed by atoms with Crippen LogP contribution in [0.1, 0.15) is 27.2 Å². The third-order valence-corrected chi connectivity index (χ3v) is 4.71. The third-order valence-electron chi connectivity index (χ3n) is 3.06. The first-order valence-corrected chi connectivity index (χ1v) is 8.09. The van der Waals surface area contributed by atoms with E-state index in [0.717, 1.165) is 0 Å². The molecule has 0 aliphatic carbocycles. The summed E-state index contributed by atoms with van der Waals surface area (Å²) in [5, 5.41) is 0. The fraction of sp³-hybridized carbons (Fsp3) is 0.571. The van der Waals surface area contributed by atoms with Gasteiger partial charge in [0.05, 0.1) is 12.0 Å². The average molecular weight is 300 g/mol. The second-order valence-electron chi connectivity index (χ2n) is 5.64. The van der Waals surface area contributed by atoms with Gasteiger partial charge in [0.15, 0.2) is 0 Å². The average Bonchev–Trinajstić information content (AvgIpc) is 2.37. The van der Waals surface area contributed by atoms with Crippen molar-refractivity contribution in [3.63, 3.8) is 0 Å². The van der Waals surface area contributed by atoms with E-state index in [9.17, 15) is 8.42 Å². The van der Waals surface area contributed by atoms with Gasteiger partial charge >= 0.3 is 0 Å². The molecule has 6 heteroatoms. The Morgan fingerprint density at radius 3 is 2.25 bits per heavy atom. The Kier molecular flexibility index (Phi) is 5.56. The van der Waals surface area contributed by atoms with Gasteiger partial charge < -0.3 is 10.5 Å². The number of ether oxygens (including phenoxy) is 1. The summed E-state index contributed by atoms with van der Waals surface area (Å²) in [7, 11) is -2.05. The van der Waals surface area contributed by atoms with Gasteiger partial charge in [0.1, 0.15) is 5.75 Å². The molecule has 1 rings (SSSR count). The summed E-state index contributed by atoms with van der Waals surface area (Å²) in [6, 6.07) is 6.29. The number of methoxy groups -OCH3 is 1. The van der Waals surface area contributed by atoms with Gasteiger partial charge in [0.25, 0.3) is 0 Å². The molecule has 3 N–H and O–H groups in total. The molecule has 0 aliphatic heterocycles. The molecule has 1 unspecified atom stereocenters. The van der Waals surface area contributed by atoms with Gasteiger partial charge in [-0.05, 0) is 43.5 Å². The van der Waals surface area contributed by atoms with Crippen molar-refractivity contribution in [2.45, 2.75) is 37.6 Å². The van der Waals surface area contributed by atoms with E-state index in [2.05, 4.69) is 4.72 Å². The lowest BCUT2D eigenvalue weighted by Gasteiger charge is -2.30. The van der Waals surface area contributed by atoms with Crippen molar-refractivity contribution < 1.29 is 13.2 Å². The number of hydrogen-bond acceptors (Lipinski definition) is 4. The van der Waals surface area contributed by atoms with Crippen LogP contribution in [0.25, 0.3) is 0 Å². The Balaban J connectivity index is 2.97. The van der Waals surface area contributed by atoms with Crippen molar-refractivity contribution in [2.24, 2.45) is 11.7 Å². The first-order valence-electron chi connectivity index (χ1n) is 6.60. The van der Waals surface area contributed by atoms with E-state index in [1.54, 1.807) is 12.1 Å². The van der Waals surface area contributed by atoms with Gasteiger partial charge in [-0.15, -0.1) is 0 Å². The van der Waals surface area contributed by atoms with E-state index in [4.69, 9.17) is 10.5 Å². The summed E-state index contributed by atoms with van der Waals surface area (Å²) in [6.45, 7) is 6.15. The highest BCUT2D eigenvalue weighted by molar-refractivity contribution is 7.89. The predicted molar refractivity (Wildman–Crippen MR) is 80.2 cm³/mol. The fourth-order valence-corrected chi connectivity index (χ4v) is 3.63. The summed E-state index contributed by atoms with van der Waals surface area (Å²) < 4.78 is 32.5. The Hall–Kier alpha value is -1.11. The molecular formula is C14H24N2O3S. The van der Waals surface area contributed by atoms with Crippen LogP contribution in [0.4, 0.5) is 0 Å². The second kappa shape index (κ2) is 6.56. The van der Waals surface area contributed by atoms with Crippen LogP contribution in [0, 0.1) is 5.92 Å². The Morgan fingerprint density at radius 1 is 1.30 bits per heavy atom. The molecule has 0 amide bonds. The van der Waals surface area contributed by atoms with Gasteiger partial charge in [-0.25, -0.2) is 13.1 Å². The second-order valence-corrected chi connectivity index (χ2v) is 7.33. The highest BCUT2D eigenvalue weighted by atomic mass is 32.2. The van der Waals surface area contributed by atoms with Crippen LogP contribution in [0.15, 0.2) is 29.2 Å². The van der Waals surface area contributed by atoms with E-state index in [1.165, 1.54) is 19.2 Å². The first-order chi connectivity index (χ1) is 9.22. The minimum Gasteiger partial charge on any atom is -0.497 e. The van der Waals surface area contributed by atoms with Gasteiger partial charge in [0, 0.05) is 12.1 Å². The topological polar surface area (TPSA) is 81.4 Å². The number of sulfonamides is 1. The number of hydrogen-bond donors (Lipinski definition) is 2. The van der Waals surface area contributed by atoms with Crippen molar-refractivity contribution in [3.8, 4) is 5.75 Å². The minimum atomic E-state index is -3.59. The number of benzene rings is 1. The van der Waals surface area contributed by atoms with Gasteiger partial charge in [-0.2, -0.15) is 0 Å². The Morgan fingerprint density at radius 2 is 1.85 bits per heavy atom. The molecule has 0 spiro atoms. The van der Waals surface area contributed by atoms with E-state index in [-0.39, 0.29) is 11.4 Å². The fourth-order valence-electron chi connectivity index (χ4n) is 2.21. The molecule has 114 valence electrons. The molecule has 0 fully saturated rings. The summed E-state index contributed by atoms with van der Waals surface area (Å²) in [5.41, 5.74) is 5.09. The van der Waals surface area contributed by atoms with Crippen LogP contribution >= 0.6 is 0 Å². The number of rotatable bonds is 7. The van der Waals surface area contributed by atoms with Gasteiger partial charge in [0.2, 0.25) is 10.0 Å². The largest absolute Gasteiger partial charge is 0.497 e. The molecule has 5 nitrogen and oxygen atoms in total. The SMILES string of the molecule is COc1ccc(S(=O)(=O)NC(C)(CN)CC(C)C)cc1. The maximum Gasteiger partial charge on any atom is 0.241 e. The first kappa shape index (κ1) is 16.9. The van der Waals surface area contributed by atoms with Crippen LogP contribution < -0.4 is 15.2 Å². The standard InChI is InChI=1S/C14H24N2O3S/c1-11(2)9-14(3,10-15)16-20(17,18)13-7-5-12(19-4)6-8-13/h5-8,11,16H,9-10,15H2,1-4H3. The maximum absolute atomic E-state index is 12.4. The molecule has 20 heavy (non-hydrogen) atoms. The van der Waals surface area contributed by atoms with Crippen molar-refractivity contribution in [3.05, 3.63) is 24.3 Å². The predicted octanol–water partition coefficient (Wildman–Crippen LogP) is 1.74.